The van der Waals surface area contributed by atoms with Gasteiger partial charge in [0, 0.05) is 12.7 Å². The van der Waals surface area contributed by atoms with Gasteiger partial charge >= 0.3 is 0 Å². The molecule has 2 aromatic rings. The highest BCUT2D eigenvalue weighted by molar-refractivity contribution is 5.99. The van der Waals surface area contributed by atoms with Crippen molar-refractivity contribution in [3.63, 3.8) is 0 Å². The summed E-state index contributed by atoms with van der Waals surface area (Å²) < 4.78 is 5.10. The van der Waals surface area contributed by atoms with Crippen LogP contribution in [-0.2, 0) is 17.6 Å². The quantitative estimate of drug-likeness (QED) is 0.749. The summed E-state index contributed by atoms with van der Waals surface area (Å²) in [6, 6.07) is 16.4. The number of Topliss-reactive ketones (excluding diaryl/α,β-unsaturated/α-hetero) is 1. The van der Waals surface area contributed by atoms with Gasteiger partial charge in [-0.2, -0.15) is 0 Å². The Morgan fingerprint density at radius 1 is 1.05 bits per heavy atom. The van der Waals surface area contributed by atoms with Crippen molar-refractivity contribution in [2.45, 2.75) is 32.8 Å². The summed E-state index contributed by atoms with van der Waals surface area (Å²) in [6.07, 6.45) is 1.53. The Kier molecular flexibility index (Phi) is 5.29. The number of rotatable bonds is 6. The molecule has 0 aliphatic heterocycles. The van der Waals surface area contributed by atoms with E-state index in [9.17, 15) is 4.79 Å². The van der Waals surface area contributed by atoms with Crippen LogP contribution in [0.1, 0.15) is 34.0 Å². The monoisotopic (exact) mass is 282 g/mol. The fourth-order valence-corrected chi connectivity index (χ4v) is 2.38. The van der Waals surface area contributed by atoms with Crippen LogP contribution in [-0.4, -0.2) is 19.0 Å². The molecule has 2 rings (SSSR count). The van der Waals surface area contributed by atoms with Gasteiger partial charge in [0.05, 0.1) is 0 Å². The molecule has 0 aliphatic carbocycles. The first kappa shape index (κ1) is 15.5. The minimum absolute atomic E-state index is 0.0369. The molecule has 2 heteroatoms. The van der Waals surface area contributed by atoms with E-state index in [2.05, 4.69) is 37.3 Å². The molecule has 110 valence electrons. The van der Waals surface area contributed by atoms with E-state index < -0.39 is 6.10 Å². The molecule has 0 radical (unpaired) electrons. The third-order valence-corrected chi connectivity index (χ3v) is 3.72. The lowest BCUT2D eigenvalue weighted by Gasteiger charge is -2.10. The smallest absolute Gasteiger partial charge is 0.191 e. The normalized spacial score (nSPS) is 12.1. The third kappa shape index (κ3) is 4.27. The molecule has 0 saturated heterocycles. The van der Waals surface area contributed by atoms with Crippen LogP contribution in [0.15, 0.2) is 48.5 Å². The Hall–Kier alpha value is -1.93. The minimum Gasteiger partial charge on any atom is -0.374 e. The van der Waals surface area contributed by atoms with Gasteiger partial charge in [0.1, 0.15) is 6.10 Å². The Labute approximate surface area is 126 Å². The zero-order chi connectivity index (χ0) is 15.2. The van der Waals surface area contributed by atoms with E-state index in [1.807, 2.05) is 18.2 Å². The van der Waals surface area contributed by atoms with Crippen molar-refractivity contribution in [3.8, 4) is 0 Å². The first-order valence-electron chi connectivity index (χ1n) is 7.31. The number of methoxy groups -OCH3 is 1. The Morgan fingerprint density at radius 2 is 1.67 bits per heavy atom. The fraction of sp³-hybridized carbons (Fsp3) is 0.316. The second-order valence-electron chi connectivity index (χ2n) is 5.43. The molecule has 1 atom stereocenters. The van der Waals surface area contributed by atoms with Crippen LogP contribution in [0.25, 0.3) is 0 Å². The number of hydrogen-bond acceptors (Lipinski definition) is 2. The summed E-state index contributed by atoms with van der Waals surface area (Å²) in [5.41, 5.74) is 4.53. The van der Waals surface area contributed by atoms with Crippen molar-refractivity contribution >= 4 is 5.78 Å². The standard InChI is InChI=1S/C19H22O2/c1-14-6-4-7-16(12-14)10-11-17-8-5-9-18(13-17)19(20)15(2)21-3/h4-9,12-13,15H,10-11H2,1-3H3. The van der Waals surface area contributed by atoms with Crippen molar-refractivity contribution in [3.05, 3.63) is 70.8 Å². The molecule has 0 amide bonds. The van der Waals surface area contributed by atoms with Crippen LogP contribution in [0.3, 0.4) is 0 Å². The highest BCUT2D eigenvalue weighted by atomic mass is 16.5. The Balaban J connectivity index is 2.06. The van der Waals surface area contributed by atoms with E-state index >= 15 is 0 Å². The average molecular weight is 282 g/mol. The maximum absolute atomic E-state index is 12.1. The minimum atomic E-state index is -0.392. The van der Waals surface area contributed by atoms with Crippen LogP contribution >= 0.6 is 0 Å². The lowest BCUT2D eigenvalue weighted by atomic mass is 9.99. The molecule has 0 heterocycles. The summed E-state index contributed by atoms with van der Waals surface area (Å²) >= 11 is 0. The molecule has 2 aromatic carbocycles. The molecule has 0 spiro atoms. The number of hydrogen-bond donors (Lipinski definition) is 0. The van der Waals surface area contributed by atoms with Crippen LogP contribution in [0.4, 0.5) is 0 Å². The summed E-state index contributed by atoms with van der Waals surface area (Å²) in [5, 5.41) is 0. The molecular formula is C19H22O2. The van der Waals surface area contributed by atoms with E-state index in [1.54, 1.807) is 14.0 Å². The maximum Gasteiger partial charge on any atom is 0.191 e. The second kappa shape index (κ2) is 7.19. The second-order valence-corrected chi connectivity index (χ2v) is 5.43. The molecule has 0 saturated carbocycles. The van der Waals surface area contributed by atoms with Gasteiger partial charge in [-0.25, -0.2) is 0 Å². The van der Waals surface area contributed by atoms with Gasteiger partial charge in [0.2, 0.25) is 0 Å². The van der Waals surface area contributed by atoms with Crippen molar-refractivity contribution in [1.29, 1.82) is 0 Å². The van der Waals surface area contributed by atoms with Gasteiger partial charge < -0.3 is 4.74 Å². The molecule has 0 bridgehead atoms. The van der Waals surface area contributed by atoms with Gasteiger partial charge in [-0.15, -0.1) is 0 Å². The predicted octanol–water partition coefficient (Wildman–Crippen LogP) is 4.00. The summed E-state index contributed by atoms with van der Waals surface area (Å²) in [5.74, 6) is 0.0369. The van der Waals surface area contributed by atoms with E-state index in [1.165, 1.54) is 16.7 Å². The van der Waals surface area contributed by atoms with E-state index in [4.69, 9.17) is 4.74 Å². The van der Waals surface area contributed by atoms with Gasteiger partial charge in [0.15, 0.2) is 5.78 Å². The first-order valence-corrected chi connectivity index (χ1v) is 7.31. The average Bonchev–Trinajstić information content (AvgIpc) is 2.52. The number of carbonyl (C=O) groups is 1. The largest absolute Gasteiger partial charge is 0.374 e. The highest BCUT2D eigenvalue weighted by Gasteiger charge is 2.14. The van der Waals surface area contributed by atoms with Crippen molar-refractivity contribution in [1.82, 2.24) is 0 Å². The Morgan fingerprint density at radius 3 is 2.29 bits per heavy atom. The number of carbonyl (C=O) groups excluding carboxylic acids is 1. The zero-order valence-corrected chi connectivity index (χ0v) is 12.9. The molecule has 0 fully saturated rings. The Bertz CT molecular complexity index is 616. The molecule has 21 heavy (non-hydrogen) atoms. The summed E-state index contributed by atoms with van der Waals surface area (Å²) in [6.45, 7) is 3.89. The molecule has 0 N–H and O–H groups in total. The lowest BCUT2D eigenvalue weighted by Crippen LogP contribution is -2.19. The summed E-state index contributed by atoms with van der Waals surface area (Å²) in [7, 11) is 1.56. The predicted molar refractivity (Wildman–Crippen MR) is 85.8 cm³/mol. The van der Waals surface area contributed by atoms with Crippen LogP contribution < -0.4 is 0 Å². The van der Waals surface area contributed by atoms with E-state index in [-0.39, 0.29) is 5.78 Å². The number of benzene rings is 2. The zero-order valence-electron chi connectivity index (χ0n) is 12.9. The number of ketones is 1. The molecule has 2 nitrogen and oxygen atoms in total. The van der Waals surface area contributed by atoms with Crippen LogP contribution in [0.5, 0.6) is 0 Å². The van der Waals surface area contributed by atoms with E-state index in [0.29, 0.717) is 0 Å². The maximum atomic E-state index is 12.1. The van der Waals surface area contributed by atoms with Gasteiger partial charge in [0.25, 0.3) is 0 Å². The molecule has 1 unspecified atom stereocenters. The molecular weight excluding hydrogens is 260 g/mol. The van der Waals surface area contributed by atoms with E-state index in [0.717, 1.165) is 18.4 Å². The first-order chi connectivity index (χ1) is 10.1. The topological polar surface area (TPSA) is 26.3 Å². The molecule has 0 aromatic heterocycles. The number of ether oxygens (including phenoxy) is 1. The van der Waals surface area contributed by atoms with Crippen LogP contribution in [0.2, 0.25) is 0 Å². The SMILES string of the molecule is COC(C)C(=O)c1cccc(CCc2cccc(C)c2)c1. The molecule has 0 aliphatic rings. The highest BCUT2D eigenvalue weighted by Crippen LogP contribution is 2.13. The van der Waals surface area contributed by atoms with Crippen molar-refractivity contribution in [2.75, 3.05) is 7.11 Å². The summed E-state index contributed by atoms with van der Waals surface area (Å²) in [4.78, 5) is 12.1. The fourth-order valence-electron chi connectivity index (χ4n) is 2.38. The lowest BCUT2D eigenvalue weighted by molar-refractivity contribution is 0.0655. The van der Waals surface area contributed by atoms with Gasteiger partial charge in [-0.05, 0) is 43.9 Å². The van der Waals surface area contributed by atoms with Gasteiger partial charge in [-0.1, -0.05) is 48.0 Å². The van der Waals surface area contributed by atoms with Crippen LogP contribution in [0, 0.1) is 6.92 Å². The van der Waals surface area contributed by atoms with Gasteiger partial charge in [-0.3, -0.25) is 4.79 Å². The van der Waals surface area contributed by atoms with Crippen molar-refractivity contribution in [2.24, 2.45) is 0 Å². The van der Waals surface area contributed by atoms with Crippen molar-refractivity contribution < 1.29 is 9.53 Å². The third-order valence-electron chi connectivity index (χ3n) is 3.72. The number of aryl methyl sites for hydroxylation is 3.